The molecule has 2 N–H and O–H groups in total. The number of hydrogen-bond donors (Lipinski definition) is 2. The van der Waals surface area contributed by atoms with Crippen LogP contribution in [0.2, 0.25) is 0 Å². The Kier molecular flexibility index (Phi) is 4.27. The molecule has 0 aliphatic heterocycles. The van der Waals surface area contributed by atoms with E-state index in [0.29, 0.717) is 11.5 Å². The van der Waals surface area contributed by atoms with Gasteiger partial charge in [-0.3, -0.25) is 0 Å². The molecule has 1 heterocycles. The molecule has 1 aromatic rings. The first-order valence-electron chi connectivity index (χ1n) is 7.37. The van der Waals surface area contributed by atoms with E-state index in [0.717, 1.165) is 24.0 Å². The topological polar surface area (TPSA) is 49.8 Å². The fraction of sp³-hybridized carbons (Fsp3) is 0.733. The molecule has 1 aromatic heterocycles. The molecular weight excluding hydrogens is 236 g/mol. The molecule has 1 aliphatic rings. The van der Waals surface area contributed by atoms with E-state index in [-0.39, 0.29) is 0 Å². The van der Waals surface area contributed by atoms with Crippen LogP contribution >= 0.6 is 0 Å². The van der Waals surface area contributed by atoms with Gasteiger partial charge in [0.15, 0.2) is 0 Å². The summed E-state index contributed by atoms with van der Waals surface area (Å²) in [6.07, 6.45) is 5.17. The van der Waals surface area contributed by atoms with E-state index in [1.54, 1.807) is 0 Å². The quantitative estimate of drug-likeness (QED) is 0.870. The van der Waals surface area contributed by atoms with E-state index in [1.807, 2.05) is 13.0 Å². The molecule has 1 aliphatic carbocycles. The molecule has 0 saturated heterocycles. The second-order valence-electron chi connectivity index (χ2n) is 6.18. The van der Waals surface area contributed by atoms with Crippen LogP contribution in [0.25, 0.3) is 0 Å². The standard InChI is InChI=1S/C15H26N4/c1-5-16-14-17-11(2)10-13(19-14)18-12-8-6-7-9-15(12,3)4/h10,12H,5-9H2,1-4H3,(H2,16,17,18,19). The molecule has 1 unspecified atom stereocenters. The lowest BCUT2D eigenvalue weighted by Crippen LogP contribution is -2.39. The number of rotatable bonds is 4. The van der Waals surface area contributed by atoms with Gasteiger partial charge in [0.1, 0.15) is 5.82 Å². The Morgan fingerprint density at radius 3 is 2.79 bits per heavy atom. The van der Waals surface area contributed by atoms with Crippen LogP contribution in [0.15, 0.2) is 6.07 Å². The largest absolute Gasteiger partial charge is 0.367 e. The van der Waals surface area contributed by atoms with Crippen molar-refractivity contribution in [2.45, 2.75) is 59.4 Å². The van der Waals surface area contributed by atoms with Crippen molar-refractivity contribution in [2.24, 2.45) is 5.41 Å². The Morgan fingerprint density at radius 1 is 1.32 bits per heavy atom. The average molecular weight is 262 g/mol. The smallest absolute Gasteiger partial charge is 0.224 e. The minimum absolute atomic E-state index is 0.343. The highest BCUT2D eigenvalue weighted by atomic mass is 15.1. The van der Waals surface area contributed by atoms with Crippen molar-refractivity contribution < 1.29 is 0 Å². The van der Waals surface area contributed by atoms with E-state index in [4.69, 9.17) is 0 Å². The maximum atomic E-state index is 4.55. The first-order valence-corrected chi connectivity index (χ1v) is 7.37. The second-order valence-corrected chi connectivity index (χ2v) is 6.18. The molecule has 1 fully saturated rings. The normalized spacial score (nSPS) is 22.0. The fourth-order valence-electron chi connectivity index (χ4n) is 2.82. The van der Waals surface area contributed by atoms with Crippen molar-refractivity contribution >= 4 is 11.8 Å². The summed E-state index contributed by atoms with van der Waals surface area (Å²) in [5.74, 6) is 1.67. The maximum Gasteiger partial charge on any atom is 0.224 e. The lowest BCUT2D eigenvalue weighted by Gasteiger charge is -2.39. The van der Waals surface area contributed by atoms with Crippen LogP contribution in [0, 0.1) is 12.3 Å². The third kappa shape index (κ3) is 3.58. The molecule has 0 bridgehead atoms. The zero-order valence-corrected chi connectivity index (χ0v) is 12.6. The average Bonchev–Trinajstić information content (AvgIpc) is 2.31. The highest BCUT2D eigenvalue weighted by Gasteiger charge is 2.32. The van der Waals surface area contributed by atoms with Crippen molar-refractivity contribution in [3.8, 4) is 0 Å². The van der Waals surface area contributed by atoms with Gasteiger partial charge in [0.25, 0.3) is 0 Å². The highest BCUT2D eigenvalue weighted by molar-refractivity contribution is 5.43. The lowest BCUT2D eigenvalue weighted by molar-refractivity contribution is 0.216. The number of aromatic nitrogens is 2. The van der Waals surface area contributed by atoms with Crippen LogP contribution in [0.4, 0.5) is 11.8 Å². The van der Waals surface area contributed by atoms with Crippen LogP contribution < -0.4 is 10.6 Å². The Balaban J connectivity index is 2.13. The van der Waals surface area contributed by atoms with Gasteiger partial charge in [-0.2, -0.15) is 4.98 Å². The second kappa shape index (κ2) is 5.76. The summed E-state index contributed by atoms with van der Waals surface area (Å²) in [6.45, 7) is 9.62. The lowest BCUT2D eigenvalue weighted by atomic mass is 9.73. The highest BCUT2D eigenvalue weighted by Crippen LogP contribution is 2.37. The van der Waals surface area contributed by atoms with Crippen molar-refractivity contribution in [1.82, 2.24) is 9.97 Å². The summed E-state index contributed by atoms with van der Waals surface area (Å²) in [4.78, 5) is 8.94. The Hall–Kier alpha value is -1.32. The van der Waals surface area contributed by atoms with Gasteiger partial charge in [0.2, 0.25) is 5.95 Å². The SMILES string of the molecule is CCNc1nc(C)cc(NC2CCCCC2(C)C)n1. The van der Waals surface area contributed by atoms with Gasteiger partial charge in [-0.1, -0.05) is 26.7 Å². The number of aryl methyl sites for hydroxylation is 1. The summed E-state index contributed by atoms with van der Waals surface area (Å²) < 4.78 is 0. The van der Waals surface area contributed by atoms with Crippen molar-refractivity contribution in [2.75, 3.05) is 17.2 Å². The van der Waals surface area contributed by atoms with Crippen molar-refractivity contribution in [3.05, 3.63) is 11.8 Å². The van der Waals surface area contributed by atoms with Crippen molar-refractivity contribution in [1.29, 1.82) is 0 Å². The van der Waals surface area contributed by atoms with Crippen LogP contribution in [0.5, 0.6) is 0 Å². The number of anilines is 2. The Bertz CT molecular complexity index is 428. The zero-order chi connectivity index (χ0) is 13.9. The molecule has 19 heavy (non-hydrogen) atoms. The van der Waals surface area contributed by atoms with E-state index >= 15 is 0 Å². The van der Waals surface area contributed by atoms with Crippen LogP contribution in [-0.2, 0) is 0 Å². The third-order valence-electron chi connectivity index (χ3n) is 4.02. The molecular formula is C15H26N4. The van der Waals surface area contributed by atoms with Gasteiger partial charge in [-0.05, 0) is 32.1 Å². The number of hydrogen-bond acceptors (Lipinski definition) is 4. The van der Waals surface area contributed by atoms with E-state index in [2.05, 4.69) is 41.4 Å². The molecule has 0 amide bonds. The third-order valence-corrected chi connectivity index (χ3v) is 4.02. The fourth-order valence-corrected chi connectivity index (χ4v) is 2.82. The Labute approximate surface area is 116 Å². The van der Waals surface area contributed by atoms with Gasteiger partial charge >= 0.3 is 0 Å². The van der Waals surface area contributed by atoms with E-state index in [9.17, 15) is 0 Å². The minimum Gasteiger partial charge on any atom is -0.367 e. The molecule has 4 nitrogen and oxygen atoms in total. The van der Waals surface area contributed by atoms with Gasteiger partial charge < -0.3 is 10.6 Å². The number of nitrogens with one attached hydrogen (secondary N) is 2. The van der Waals surface area contributed by atoms with Crippen LogP contribution in [-0.4, -0.2) is 22.6 Å². The number of nitrogens with zero attached hydrogens (tertiary/aromatic N) is 2. The summed E-state index contributed by atoms with van der Waals surface area (Å²) >= 11 is 0. The van der Waals surface area contributed by atoms with Gasteiger partial charge in [0.05, 0.1) is 0 Å². The molecule has 0 spiro atoms. The molecule has 1 saturated carbocycles. The van der Waals surface area contributed by atoms with E-state index in [1.165, 1.54) is 25.7 Å². The summed E-state index contributed by atoms with van der Waals surface area (Å²) in [6, 6.07) is 2.54. The van der Waals surface area contributed by atoms with Gasteiger partial charge in [-0.15, -0.1) is 0 Å². The predicted octanol–water partition coefficient (Wildman–Crippen LogP) is 3.60. The molecule has 1 atom stereocenters. The molecule has 4 heteroatoms. The molecule has 106 valence electrons. The monoisotopic (exact) mass is 262 g/mol. The summed E-state index contributed by atoms with van der Waals surface area (Å²) in [7, 11) is 0. The minimum atomic E-state index is 0.343. The zero-order valence-electron chi connectivity index (χ0n) is 12.6. The molecule has 2 rings (SSSR count). The molecule has 0 radical (unpaired) electrons. The van der Waals surface area contributed by atoms with Crippen molar-refractivity contribution in [3.63, 3.8) is 0 Å². The van der Waals surface area contributed by atoms with Crippen LogP contribution in [0.3, 0.4) is 0 Å². The summed E-state index contributed by atoms with van der Waals surface area (Å²) in [5, 5.41) is 6.80. The van der Waals surface area contributed by atoms with Gasteiger partial charge in [0, 0.05) is 24.3 Å². The first-order chi connectivity index (χ1) is 9.01. The summed E-state index contributed by atoms with van der Waals surface area (Å²) in [5.41, 5.74) is 1.34. The predicted molar refractivity (Wildman–Crippen MR) is 80.6 cm³/mol. The maximum absolute atomic E-state index is 4.55. The van der Waals surface area contributed by atoms with E-state index < -0.39 is 0 Å². The molecule has 0 aromatic carbocycles. The van der Waals surface area contributed by atoms with Crippen LogP contribution in [0.1, 0.15) is 52.1 Å². The van der Waals surface area contributed by atoms with Gasteiger partial charge in [-0.25, -0.2) is 4.98 Å². The first kappa shape index (κ1) is 14.1. The Morgan fingerprint density at radius 2 is 2.11 bits per heavy atom.